The number of fused-ring (bicyclic) bond motifs is 9. The molecule has 11 aromatic rings. The SMILES string of the molecule is [2H]c1c([2H])c(C)c(-c2c(C)c(C)c3c(c2[2H])c(C)c(C)c2c([2H])c(-c4c5c([2H])c([2H])c([2H])c(C)c5c(-c5c(C)c(C)c(C)c6oc7c(C)c8c(C)c(C)c(C)c([2H])c8c([2H])c7c56)c5c(C)c(C)c(C)c(C)c45)c(C)c(C)c23)c(C)c1[2H]. The average Bonchev–Trinajstić information content (AvgIpc) is 3.38. The molecule has 0 radical (unpaired) electrons. The molecule has 1 heteroatoms. The zero-order chi connectivity index (χ0) is 59.6. The first-order chi connectivity index (χ1) is 37.8. The van der Waals surface area contributed by atoms with Crippen LogP contribution >= 0.6 is 0 Å². The number of furan rings is 1. The molecule has 10 aromatic carbocycles. The summed E-state index contributed by atoms with van der Waals surface area (Å²) in [6.07, 6.45) is 0. The van der Waals surface area contributed by atoms with E-state index in [9.17, 15) is 9.60 Å². The zero-order valence-corrected chi connectivity index (χ0v) is 45.4. The van der Waals surface area contributed by atoms with E-state index < -0.39 is 0 Å². The normalized spacial score (nSPS) is 14.2. The van der Waals surface area contributed by atoms with Gasteiger partial charge in [0, 0.05) is 16.3 Å². The molecule has 356 valence electrons. The molecule has 71 heavy (non-hydrogen) atoms. The van der Waals surface area contributed by atoms with Crippen LogP contribution in [0.25, 0.3) is 109 Å². The van der Waals surface area contributed by atoms with Gasteiger partial charge in [-0.1, -0.05) is 42.3 Å². The Morgan fingerprint density at radius 1 is 0.268 bits per heavy atom. The van der Waals surface area contributed by atoms with Gasteiger partial charge >= 0.3 is 0 Å². The monoisotopic (exact) mass is 937 g/mol. The molecule has 1 heterocycles. The molecule has 0 atom stereocenters. The lowest BCUT2D eigenvalue weighted by Gasteiger charge is -2.27. The van der Waals surface area contributed by atoms with Crippen LogP contribution in [0.5, 0.6) is 0 Å². The summed E-state index contributed by atoms with van der Waals surface area (Å²) in [6.45, 7) is 40.7. The van der Waals surface area contributed by atoms with Gasteiger partial charge in [-0.3, -0.25) is 0 Å². The standard InChI is InChI=1S/C70H70O/c1-31-23-21-24-32(2)58(31)53-29-54-39(9)40(10)55-30-56(42(12)48(18)62(55)61(54)47(17)41(53)11)66-52-26-22-25-33(3)59(52)68(64-45(15)37(7)36(6)44(14)63(64)66)65-46(16)38(8)49(19)70-67(65)57-28-51-27-34(4)35(5)43(13)60(51)50(20)69(57)71-70/h21-30H,1-20H3/i21D,22D,23D,24D,25D,26D,27D,28D,29D,30D. The Labute approximate surface area is 436 Å². The highest BCUT2D eigenvalue weighted by Gasteiger charge is 2.30. The molecular weight excluding hydrogens is 857 g/mol. The molecule has 0 bridgehead atoms. The molecule has 0 aliphatic heterocycles. The molecule has 0 aliphatic rings. The summed E-state index contributed by atoms with van der Waals surface area (Å²) < 4.78 is 104. The molecule has 0 fully saturated rings. The van der Waals surface area contributed by atoms with E-state index in [4.69, 9.17) is 8.53 Å². The summed E-state index contributed by atoms with van der Waals surface area (Å²) in [5.74, 6) is 0. The third-order valence-corrected chi connectivity index (χ3v) is 18.0. The van der Waals surface area contributed by atoms with Gasteiger partial charge in [-0.15, -0.1) is 0 Å². The van der Waals surface area contributed by atoms with Crippen LogP contribution < -0.4 is 0 Å². The molecule has 0 saturated carbocycles. The highest BCUT2D eigenvalue weighted by atomic mass is 16.3. The summed E-state index contributed by atoms with van der Waals surface area (Å²) >= 11 is 0. The van der Waals surface area contributed by atoms with Crippen molar-refractivity contribution in [2.24, 2.45) is 0 Å². The predicted octanol–water partition coefficient (Wildman–Crippen LogP) is 20.5. The minimum absolute atomic E-state index is 0.0189. The lowest BCUT2D eigenvalue weighted by Crippen LogP contribution is -2.04. The van der Waals surface area contributed by atoms with Crippen molar-refractivity contribution < 1.29 is 18.1 Å². The van der Waals surface area contributed by atoms with E-state index in [1.54, 1.807) is 13.8 Å². The minimum Gasteiger partial charge on any atom is -0.455 e. The Morgan fingerprint density at radius 2 is 0.746 bits per heavy atom. The highest BCUT2D eigenvalue weighted by molar-refractivity contribution is 6.30. The molecule has 0 spiro atoms. The van der Waals surface area contributed by atoms with Gasteiger partial charge in [-0.25, -0.2) is 0 Å². The molecule has 11 rings (SSSR count). The second-order valence-electron chi connectivity index (χ2n) is 21.3. The van der Waals surface area contributed by atoms with E-state index in [1.165, 1.54) is 0 Å². The van der Waals surface area contributed by atoms with E-state index >= 15 is 0 Å². The van der Waals surface area contributed by atoms with E-state index in [1.807, 2.05) is 48.5 Å². The third kappa shape index (κ3) is 6.11. The number of hydrogen-bond acceptors (Lipinski definition) is 1. The first kappa shape index (κ1) is 36.3. The highest BCUT2D eigenvalue weighted by Crippen LogP contribution is 2.55. The van der Waals surface area contributed by atoms with E-state index in [0.717, 1.165) is 149 Å². The molecular formula is C70H70O. The maximum Gasteiger partial charge on any atom is 0.139 e. The van der Waals surface area contributed by atoms with E-state index in [-0.39, 0.29) is 54.4 Å². The van der Waals surface area contributed by atoms with Crippen LogP contribution in [0.15, 0.2) is 64.8 Å². The maximum absolute atomic E-state index is 10.8. The quantitative estimate of drug-likeness (QED) is 0.127. The van der Waals surface area contributed by atoms with Gasteiger partial charge < -0.3 is 4.42 Å². The van der Waals surface area contributed by atoms with Crippen molar-refractivity contribution in [3.8, 4) is 33.4 Å². The van der Waals surface area contributed by atoms with Crippen LogP contribution in [0.3, 0.4) is 0 Å². The molecule has 0 saturated heterocycles. The van der Waals surface area contributed by atoms with Crippen LogP contribution in [0.1, 0.15) is 125 Å². The number of rotatable bonds is 3. The van der Waals surface area contributed by atoms with Crippen LogP contribution in [0.2, 0.25) is 0 Å². The second-order valence-corrected chi connectivity index (χ2v) is 21.3. The Balaban J connectivity index is 1.40. The fraction of sp³-hybridized carbons (Fsp3) is 0.286. The summed E-state index contributed by atoms with van der Waals surface area (Å²) in [4.78, 5) is 0. The Kier molecular flexibility index (Phi) is 8.12. The van der Waals surface area contributed by atoms with Gasteiger partial charge in [0.05, 0.1) is 13.7 Å². The van der Waals surface area contributed by atoms with Gasteiger partial charge in [0.15, 0.2) is 0 Å². The van der Waals surface area contributed by atoms with Crippen LogP contribution in [0.4, 0.5) is 0 Å². The van der Waals surface area contributed by atoms with Crippen LogP contribution in [-0.4, -0.2) is 0 Å². The number of hydrogen-bond donors (Lipinski definition) is 0. The topological polar surface area (TPSA) is 13.1 Å². The van der Waals surface area contributed by atoms with Crippen LogP contribution in [0, 0.1) is 138 Å². The molecule has 0 unspecified atom stereocenters. The van der Waals surface area contributed by atoms with Crippen molar-refractivity contribution in [2.45, 2.75) is 138 Å². The van der Waals surface area contributed by atoms with Gasteiger partial charge in [0.25, 0.3) is 0 Å². The van der Waals surface area contributed by atoms with Crippen molar-refractivity contribution in [1.29, 1.82) is 0 Å². The zero-order valence-electron chi connectivity index (χ0n) is 55.4. The molecule has 0 aliphatic carbocycles. The summed E-state index contributed by atoms with van der Waals surface area (Å²) in [5, 5.41) is 8.87. The van der Waals surface area contributed by atoms with E-state index in [0.29, 0.717) is 77.7 Å². The summed E-state index contributed by atoms with van der Waals surface area (Å²) in [6, 6.07) is 0.552. The van der Waals surface area contributed by atoms with Gasteiger partial charge in [0.1, 0.15) is 11.2 Å². The average molecular weight is 937 g/mol. The molecule has 0 N–H and O–H groups in total. The lowest BCUT2D eigenvalue weighted by molar-refractivity contribution is 0.663. The molecule has 1 nitrogen and oxygen atoms in total. The fourth-order valence-electron chi connectivity index (χ4n) is 12.7. The second kappa shape index (κ2) is 15.9. The Morgan fingerprint density at radius 3 is 1.32 bits per heavy atom. The minimum atomic E-state index is -0.206. The molecule has 1 aromatic heterocycles. The summed E-state index contributed by atoms with van der Waals surface area (Å²) in [7, 11) is 0. The largest absolute Gasteiger partial charge is 0.455 e. The van der Waals surface area contributed by atoms with Crippen molar-refractivity contribution in [2.75, 3.05) is 0 Å². The smallest absolute Gasteiger partial charge is 0.139 e. The van der Waals surface area contributed by atoms with Gasteiger partial charge in [0.2, 0.25) is 0 Å². The lowest BCUT2D eigenvalue weighted by atomic mass is 9.75. The van der Waals surface area contributed by atoms with Gasteiger partial charge in [-0.05, 0) is 350 Å². The van der Waals surface area contributed by atoms with Gasteiger partial charge in [-0.2, -0.15) is 0 Å². The van der Waals surface area contributed by atoms with Crippen molar-refractivity contribution in [3.63, 3.8) is 0 Å². The fourth-order valence-corrected chi connectivity index (χ4v) is 12.7. The third-order valence-electron chi connectivity index (χ3n) is 18.0. The summed E-state index contributed by atoms with van der Waals surface area (Å²) in [5.41, 5.74) is 23.0. The Bertz CT molecular complexity index is 4780. The van der Waals surface area contributed by atoms with Crippen molar-refractivity contribution in [1.82, 2.24) is 0 Å². The number of aryl methyl sites for hydroxylation is 10. The molecule has 0 amide bonds. The predicted molar refractivity (Wildman–Crippen MR) is 312 cm³/mol. The maximum atomic E-state index is 10.8. The van der Waals surface area contributed by atoms with Crippen molar-refractivity contribution >= 4 is 75.8 Å². The first-order valence-corrected chi connectivity index (χ1v) is 25.2. The first-order valence-electron chi connectivity index (χ1n) is 30.2. The number of benzene rings is 10. The van der Waals surface area contributed by atoms with Crippen molar-refractivity contribution in [3.05, 3.63) is 172 Å². The van der Waals surface area contributed by atoms with E-state index in [2.05, 4.69) is 76.2 Å². The van der Waals surface area contributed by atoms with Crippen LogP contribution in [-0.2, 0) is 0 Å². The Hall–Kier alpha value is -6.70.